The molecular formula is C11H21N3O. The minimum Gasteiger partial charge on any atom is -0.338 e. The first kappa shape index (κ1) is 10.9. The van der Waals surface area contributed by atoms with Crippen LogP contribution in [-0.4, -0.2) is 49.1 Å². The summed E-state index contributed by atoms with van der Waals surface area (Å²) in [5, 5.41) is 6.53. The van der Waals surface area contributed by atoms with Crippen molar-refractivity contribution in [3.05, 3.63) is 0 Å². The Kier molecular flexibility index (Phi) is 3.26. The normalized spacial score (nSPS) is 36.9. The third-order valence-corrected chi connectivity index (χ3v) is 3.41. The minimum absolute atomic E-state index is 0.00787. The van der Waals surface area contributed by atoms with Crippen molar-refractivity contribution in [2.45, 2.75) is 32.4 Å². The summed E-state index contributed by atoms with van der Waals surface area (Å²) < 4.78 is 0. The molecule has 4 heteroatoms. The molecule has 4 nitrogen and oxygen atoms in total. The molecule has 0 aromatic carbocycles. The zero-order chi connectivity index (χ0) is 10.8. The van der Waals surface area contributed by atoms with Crippen LogP contribution in [0.5, 0.6) is 0 Å². The Morgan fingerprint density at radius 1 is 1.33 bits per heavy atom. The van der Waals surface area contributed by atoms with Gasteiger partial charge in [0, 0.05) is 32.2 Å². The Hall–Kier alpha value is -0.610. The van der Waals surface area contributed by atoms with Gasteiger partial charge in [0.25, 0.3) is 0 Å². The Labute approximate surface area is 91.4 Å². The summed E-state index contributed by atoms with van der Waals surface area (Å²) in [7, 11) is 0. The highest BCUT2D eigenvalue weighted by Gasteiger charge is 2.34. The highest BCUT2D eigenvalue weighted by Crippen LogP contribution is 2.22. The third-order valence-electron chi connectivity index (χ3n) is 3.41. The first-order chi connectivity index (χ1) is 7.18. The average Bonchev–Trinajstić information content (AvgIpc) is 2.58. The van der Waals surface area contributed by atoms with Crippen molar-refractivity contribution in [2.24, 2.45) is 5.92 Å². The lowest BCUT2D eigenvalue weighted by Crippen LogP contribution is -2.57. The maximum Gasteiger partial charge on any atom is 0.241 e. The number of carbonyl (C=O) groups is 1. The highest BCUT2D eigenvalue weighted by atomic mass is 16.2. The van der Waals surface area contributed by atoms with Crippen LogP contribution in [0.25, 0.3) is 0 Å². The van der Waals surface area contributed by atoms with E-state index in [9.17, 15) is 4.79 Å². The Morgan fingerprint density at radius 2 is 2.13 bits per heavy atom. The molecule has 0 aliphatic carbocycles. The molecule has 2 saturated heterocycles. The predicted molar refractivity (Wildman–Crippen MR) is 59.6 cm³/mol. The quantitative estimate of drug-likeness (QED) is 0.631. The van der Waals surface area contributed by atoms with Crippen molar-refractivity contribution in [2.75, 3.05) is 26.2 Å². The number of amides is 1. The van der Waals surface area contributed by atoms with E-state index in [4.69, 9.17) is 0 Å². The van der Waals surface area contributed by atoms with Gasteiger partial charge in [0.05, 0.1) is 6.04 Å². The summed E-state index contributed by atoms with van der Waals surface area (Å²) in [6.07, 6.45) is 1.14. The molecule has 2 N–H and O–H groups in total. The van der Waals surface area contributed by atoms with Gasteiger partial charge in [0.2, 0.25) is 5.91 Å². The number of hydrogen-bond acceptors (Lipinski definition) is 3. The smallest absolute Gasteiger partial charge is 0.241 e. The molecule has 3 atom stereocenters. The van der Waals surface area contributed by atoms with Crippen LogP contribution in [0, 0.1) is 5.92 Å². The summed E-state index contributed by atoms with van der Waals surface area (Å²) >= 11 is 0. The zero-order valence-electron chi connectivity index (χ0n) is 9.62. The lowest BCUT2D eigenvalue weighted by atomic mass is 10.1. The fourth-order valence-electron chi connectivity index (χ4n) is 2.64. The van der Waals surface area contributed by atoms with E-state index in [0.29, 0.717) is 12.0 Å². The molecule has 2 aliphatic rings. The van der Waals surface area contributed by atoms with Crippen LogP contribution in [0.3, 0.4) is 0 Å². The molecule has 0 radical (unpaired) electrons. The largest absolute Gasteiger partial charge is 0.338 e. The van der Waals surface area contributed by atoms with Crippen molar-refractivity contribution < 1.29 is 4.79 Å². The maximum absolute atomic E-state index is 12.2. The lowest BCUT2D eigenvalue weighted by Gasteiger charge is -2.30. The van der Waals surface area contributed by atoms with Crippen LogP contribution in [0.2, 0.25) is 0 Å². The molecule has 0 saturated carbocycles. The van der Waals surface area contributed by atoms with Crippen molar-refractivity contribution >= 4 is 5.91 Å². The molecule has 2 rings (SSSR count). The molecular weight excluding hydrogens is 190 g/mol. The van der Waals surface area contributed by atoms with Gasteiger partial charge in [-0.1, -0.05) is 6.92 Å². The molecule has 0 bridgehead atoms. The van der Waals surface area contributed by atoms with Crippen LogP contribution in [-0.2, 0) is 4.79 Å². The molecule has 1 amide bonds. The van der Waals surface area contributed by atoms with E-state index in [1.807, 2.05) is 4.90 Å². The van der Waals surface area contributed by atoms with Gasteiger partial charge in [-0.15, -0.1) is 0 Å². The summed E-state index contributed by atoms with van der Waals surface area (Å²) in [4.78, 5) is 14.2. The monoisotopic (exact) mass is 211 g/mol. The number of carbonyl (C=O) groups excluding carboxylic acids is 1. The van der Waals surface area contributed by atoms with E-state index in [1.54, 1.807) is 0 Å². The number of nitrogens with zero attached hydrogens (tertiary/aromatic N) is 1. The number of likely N-dealkylation sites (tertiary alicyclic amines) is 1. The molecule has 3 unspecified atom stereocenters. The standard InChI is InChI=1S/C11H21N3O/c1-8-5-9(2)14(7-8)11(15)10-6-12-3-4-13-10/h8-10,12-13H,3-7H2,1-2H3. The molecule has 0 spiro atoms. The van der Waals surface area contributed by atoms with Gasteiger partial charge in [-0.3, -0.25) is 4.79 Å². The third kappa shape index (κ3) is 2.32. The second-order valence-corrected chi connectivity index (χ2v) is 4.89. The Balaban J connectivity index is 1.94. The summed E-state index contributed by atoms with van der Waals surface area (Å²) in [6, 6.07) is 0.405. The van der Waals surface area contributed by atoms with E-state index in [-0.39, 0.29) is 11.9 Å². The van der Waals surface area contributed by atoms with Crippen LogP contribution >= 0.6 is 0 Å². The van der Waals surface area contributed by atoms with Gasteiger partial charge in [-0.05, 0) is 19.3 Å². The maximum atomic E-state index is 12.2. The molecule has 0 aromatic heterocycles. The van der Waals surface area contributed by atoms with Gasteiger partial charge >= 0.3 is 0 Å². The molecule has 0 aromatic rings. The number of rotatable bonds is 1. The van der Waals surface area contributed by atoms with E-state index in [1.165, 1.54) is 0 Å². The van der Waals surface area contributed by atoms with Crippen molar-refractivity contribution in [3.8, 4) is 0 Å². The number of nitrogens with one attached hydrogen (secondary N) is 2. The number of piperazine rings is 1. The molecule has 2 aliphatic heterocycles. The van der Waals surface area contributed by atoms with Gasteiger partial charge < -0.3 is 15.5 Å². The highest BCUT2D eigenvalue weighted by molar-refractivity contribution is 5.82. The van der Waals surface area contributed by atoms with Crippen LogP contribution < -0.4 is 10.6 Å². The first-order valence-corrected chi connectivity index (χ1v) is 5.93. The summed E-state index contributed by atoms with van der Waals surface area (Å²) in [6.45, 7) is 7.94. The molecule has 2 fully saturated rings. The predicted octanol–water partition coefficient (Wildman–Crippen LogP) is -0.195. The van der Waals surface area contributed by atoms with Gasteiger partial charge in [-0.25, -0.2) is 0 Å². The lowest BCUT2D eigenvalue weighted by molar-refractivity contribution is -0.134. The van der Waals surface area contributed by atoms with E-state index < -0.39 is 0 Å². The Bertz CT molecular complexity index is 238. The van der Waals surface area contributed by atoms with Crippen molar-refractivity contribution in [3.63, 3.8) is 0 Å². The van der Waals surface area contributed by atoms with Gasteiger partial charge in [-0.2, -0.15) is 0 Å². The van der Waals surface area contributed by atoms with E-state index in [0.717, 1.165) is 32.6 Å². The fraction of sp³-hybridized carbons (Fsp3) is 0.909. The summed E-state index contributed by atoms with van der Waals surface area (Å²) in [5.41, 5.74) is 0. The Morgan fingerprint density at radius 3 is 2.67 bits per heavy atom. The van der Waals surface area contributed by atoms with Crippen LogP contribution in [0.1, 0.15) is 20.3 Å². The van der Waals surface area contributed by atoms with Crippen molar-refractivity contribution in [1.29, 1.82) is 0 Å². The second kappa shape index (κ2) is 4.49. The van der Waals surface area contributed by atoms with E-state index >= 15 is 0 Å². The minimum atomic E-state index is -0.00787. The second-order valence-electron chi connectivity index (χ2n) is 4.89. The number of hydrogen-bond donors (Lipinski definition) is 2. The SMILES string of the molecule is CC1CC(C)N(C(=O)C2CNCCN2)C1. The first-order valence-electron chi connectivity index (χ1n) is 5.93. The fourth-order valence-corrected chi connectivity index (χ4v) is 2.64. The van der Waals surface area contributed by atoms with Crippen LogP contribution in [0.15, 0.2) is 0 Å². The average molecular weight is 211 g/mol. The van der Waals surface area contributed by atoms with Crippen LogP contribution in [0.4, 0.5) is 0 Å². The van der Waals surface area contributed by atoms with E-state index in [2.05, 4.69) is 24.5 Å². The van der Waals surface area contributed by atoms with Gasteiger partial charge in [0.1, 0.15) is 0 Å². The topological polar surface area (TPSA) is 44.4 Å². The van der Waals surface area contributed by atoms with Crippen molar-refractivity contribution in [1.82, 2.24) is 15.5 Å². The molecule has 86 valence electrons. The zero-order valence-corrected chi connectivity index (χ0v) is 9.62. The molecule has 15 heavy (non-hydrogen) atoms. The molecule has 2 heterocycles. The summed E-state index contributed by atoms with van der Waals surface area (Å²) in [5.74, 6) is 0.930. The van der Waals surface area contributed by atoms with Gasteiger partial charge in [0.15, 0.2) is 0 Å².